The van der Waals surface area contributed by atoms with E-state index in [1.807, 2.05) is 17.5 Å². The van der Waals surface area contributed by atoms with Crippen molar-refractivity contribution in [3.8, 4) is 0 Å². The zero-order chi connectivity index (χ0) is 14.1. The minimum Gasteiger partial charge on any atom is -0.478 e. The molecule has 2 aromatic rings. The van der Waals surface area contributed by atoms with E-state index in [0.29, 0.717) is 11.4 Å². The van der Waals surface area contributed by atoms with Crippen LogP contribution in [0.1, 0.15) is 32.0 Å². The fourth-order valence-electron chi connectivity index (χ4n) is 2.47. The topological polar surface area (TPSA) is 57.6 Å². The van der Waals surface area contributed by atoms with E-state index in [4.69, 9.17) is 5.11 Å². The Morgan fingerprint density at radius 3 is 2.80 bits per heavy atom. The van der Waals surface area contributed by atoms with E-state index in [-0.39, 0.29) is 11.5 Å². The van der Waals surface area contributed by atoms with Crippen molar-refractivity contribution in [2.45, 2.75) is 12.8 Å². The van der Waals surface area contributed by atoms with Gasteiger partial charge in [-0.05, 0) is 48.1 Å². The van der Waals surface area contributed by atoms with Crippen molar-refractivity contribution in [2.24, 2.45) is 0 Å². The normalized spacial score (nSPS) is 13.9. The highest BCUT2D eigenvalue weighted by atomic mass is 32.1. The van der Waals surface area contributed by atoms with Crippen LogP contribution in [0.3, 0.4) is 0 Å². The average Bonchev–Trinajstić information content (AvgIpc) is 2.99. The van der Waals surface area contributed by atoms with Gasteiger partial charge in [0, 0.05) is 12.2 Å². The molecule has 4 nitrogen and oxygen atoms in total. The molecule has 0 saturated heterocycles. The number of fused-ring (bicyclic) bond motifs is 1. The monoisotopic (exact) mass is 287 g/mol. The van der Waals surface area contributed by atoms with Gasteiger partial charge in [0.2, 0.25) is 0 Å². The third-order valence-electron chi connectivity index (χ3n) is 3.42. The van der Waals surface area contributed by atoms with Crippen molar-refractivity contribution in [2.75, 3.05) is 11.4 Å². The Bertz CT molecular complexity index is 664. The maximum atomic E-state index is 12.5. The first-order valence-electron chi connectivity index (χ1n) is 6.38. The highest BCUT2D eigenvalue weighted by Gasteiger charge is 2.24. The number of amides is 1. The number of hydrogen-bond acceptors (Lipinski definition) is 3. The minimum atomic E-state index is -0.936. The van der Waals surface area contributed by atoms with Gasteiger partial charge in [0.1, 0.15) is 0 Å². The van der Waals surface area contributed by atoms with Crippen LogP contribution in [-0.4, -0.2) is 23.5 Å². The van der Waals surface area contributed by atoms with Crippen molar-refractivity contribution in [1.82, 2.24) is 0 Å². The van der Waals surface area contributed by atoms with Crippen LogP contribution < -0.4 is 4.90 Å². The summed E-state index contributed by atoms with van der Waals surface area (Å²) in [5, 5.41) is 10.9. The molecule has 0 atom stereocenters. The van der Waals surface area contributed by atoms with Gasteiger partial charge in [0.05, 0.1) is 10.4 Å². The summed E-state index contributed by atoms with van der Waals surface area (Å²) in [7, 11) is 0. The number of hydrogen-bond donors (Lipinski definition) is 1. The average molecular weight is 287 g/mol. The molecule has 0 unspecified atom stereocenters. The molecule has 1 aromatic heterocycles. The van der Waals surface area contributed by atoms with Crippen molar-refractivity contribution >= 4 is 28.9 Å². The zero-order valence-corrected chi connectivity index (χ0v) is 11.5. The summed E-state index contributed by atoms with van der Waals surface area (Å²) in [6, 6.07) is 8.64. The van der Waals surface area contributed by atoms with Gasteiger partial charge in [0.15, 0.2) is 0 Å². The SMILES string of the molecule is O=C(O)c1ccc2c(c1)CCCN2C(=O)c1cccs1. The molecule has 1 amide bonds. The molecule has 1 aliphatic rings. The van der Waals surface area contributed by atoms with Gasteiger partial charge in [0.25, 0.3) is 5.91 Å². The second kappa shape index (κ2) is 5.09. The van der Waals surface area contributed by atoms with E-state index < -0.39 is 5.97 Å². The molecule has 0 radical (unpaired) electrons. The number of rotatable bonds is 2. The number of benzene rings is 1. The molecule has 0 spiro atoms. The molecule has 2 heterocycles. The lowest BCUT2D eigenvalue weighted by molar-refractivity contribution is 0.0696. The number of thiophene rings is 1. The van der Waals surface area contributed by atoms with E-state index >= 15 is 0 Å². The van der Waals surface area contributed by atoms with E-state index in [9.17, 15) is 9.59 Å². The molecule has 0 bridgehead atoms. The van der Waals surface area contributed by atoms with Crippen LogP contribution in [0.5, 0.6) is 0 Å². The number of anilines is 1. The third kappa shape index (κ3) is 2.20. The predicted octanol–water partition coefficient (Wildman–Crippen LogP) is 3.04. The van der Waals surface area contributed by atoms with Gasteiger partial charge in [-0.3, -0.25) is 4.79 Å². The van der Waals surface area contributed by atoms with Crippen LogP contribution >= 0.6 is 11.3 Å². The summed E-state index contributed by atoms with van der Waals surface area (Å²) in [6.07, 6.45) is 1.66. The first-order chi connectivity index (χ1) is 9.66. The second-order valence-corrected chi connectivity index (χ2v) is 5.63. The standard InChI is InChI=1S/C15H13NO3S/c17-14(13-4-2-8-20-13)16-7-1-3-10-9-11(15(18)19)5-6-12(10)16/h2,4-6,8-9H,1,3,7H2,(H,18,19). The van der Waals surface area contributed by atoms with Crippen molar-refractivity contribution in [3.63, 3.8) is 0 Å². The van der Waals surface area contributed by atoms with Gasteiger partial charge in [-0.25, -0.2) is 4.79 Å². The summed E-state index contributed by atoms with van der Waals surface area (Å²) >= 11 is 1.42. The molecule has 1 aromatic carbocycles. The number of aryl methyl sites for hydroxylation is 1. The molecule has 1 N–H and O–H groups in total. The summed E-state index contributed by atoms with van der Waals surface area (Å²) in [5.74, 6) is -0.946. The fourth-order valence-corrected chi connectivity index (χ4v) is 3.15. The van der Waals surface area contributed by atoms with Crippen molar-refractivity contribution in [3.05, 3.63) is 51.7 Å². The number of carbonyl (C=O) groups excluding carboxylic acids is 1. The highest BCUT2D eigenvalue weighted by molar-refractivity contribution is 7.12. The van der Waals surface area contributed by atoms with Gasteiger partial charge < -0.3 is 10.0 Å². The molecule has 102 valence electrons. The Balaban J connectivity index is 1.98. The summed E-state index contributed by atoms with van der Waals surface area (Å²) in [5.41, 5.74) is 2.04. The summed E-state index contributed by atoms with van der Waals surface area (Å²) in [6.45, 7) is 0.677. The molecule has 0 fully saturated rings. The number of nitrogens with zero attached hydrogens (tertiary/aromatic N) is 1. The molecule has 0 saturated carbocycles. The highest BCUT2D eigenvalue weighted by Crippen LogP contribution is 2.30. The molecule has 20 heavy (non-hydrogen) atoms. The Kier molecular flexibility index (Phi) is 3.28. The maximum absolute atomic E-state index is 12.5. The fraction of sp³-hybridized carbons (Fsp3) is 0.200. The molecule has 3 rings (SSSR count). The minimum absolute atomic E-state index is 0.0102. The first kappa shape index (κ1) is 12.9. The summed E-state index contributed by atoms with van der Waals surface area (Å²) < 4.78 is 0. The predicted molar refractivity (Wildman–Crippen MR) is 77.7 cm³/mol. The van der Waals surface area contributed by atoms with E-state index in [1.165, 1.54) is 11.3 Å². The smallest absolute Gasteiger partial charge is 0.335 e. The third-order valence-corrected chi connectivity index (χ3v) is 4.28. The number of carboxylic acids is 1. The zero-order valence-electron chi connectivity index (χ0n) is 10.7. The lowest BCUT2D eigenvalue weighted by Crippen LogP contribution is -2.35. The van der Waals surface area contributed by atoms with Crippen LogP contribution in [0.25, 0.3) is 0 Å². The lowest BCUT2D eigenvalue weighted by Gasteiger charge is -2.29. The Morgan fingerprint density at radius 1 is 1.25 bits per heavy atom. The largest absolute Gasteiger partial charge is 0.478 e. The van der Waals surface area contributed by atoms with Crippen LogP contribution in [0.15, 0.2) is 35.7 Å². The van der Waals surface area contributed by atoms with Gasteiger partial charge >= 0.3 is 5.97 Å². The lowest BCUT2D eigenvalue weighted by atomic mass is 9.99. The molecule has 1 aliphatic heterocycles. The Labute approximate surface area is 120 Å². The van der Waals surface area contributed by atoms with E-state index in [0.717, 1.165) is 24.1 Å². The number of carbonyl (C=O) groups is 2. The van der Waals surface area contributed by atoms with Crippen molar-refractivity contribution in [1.29, 1.82) is 0 Å². The van der Waals surface area contributed by atoms with Gasteiger partial charge in [-0.2, -0.15) is 0 Å². The quantitative estimate of drug-likeness (QED) is 0.923. The molecular formula is C15H13NO3S. The van der Waals surface area contributed by atoms with Crippen LogP contribution in [0.2, 0.25) is 0 Å². The van der Waals surface area contributed by atoms with Gasteiger partial charge in [-0.1, -0.05) is 6.07 Å². The van der Waals surface area contributed by atoms with E-state index in [2.05, 4.69) is 0 Å². The second-order valence-electron chi connectivity index (χ2n) is 4.69. The molecule has 5 heteroatoms. The van der Waals surface area contributed by atoms with Crippen LogP contribution in [-0.2, 0) is 6.42 Å². The van der Waals surface area contributed by atoms with Crippen molar-refractivity contribution < 1.29 is 14.7 Å². The summed E-state index contributed by atoms with van der Waals surface area (Å²) in [4.78, 5) is 25.9. The number of carboxylic acid groups (broad SMARTS) is 1. The Hall–Kier alpha value is -2.14. The first-order valence-corrected chi connectivity index (χ1v) is 7.26. The maximum Gasteiger partial charge on any atom is 0.335 e. The molecular weight excluding hydrogens is 274 g/mol. The van der Waals surface area contributed by atoms with Crippen LogP contribution in [0, 0.1) is 0 Å². The Morgan fingerprint density at radius 2 is 2.10 bits per heavy atom. The molecule has 0 aliphatic carbocycles. The van der Waals surface area contributed by atoms with Crippen LogP contribution in [0.4, 0.5) is 5.69 Å². The van der Waals surface area contributed by atoms with E-state index in [1.54, 1.807) is 23.1 Å². The number of aromatic carboxylic acids is 1. The van der Waals surface area contributed by atoms with Gasteiger partial charge in [-0.15, -0.1) is 11.3 Å².